The van der Waals surface area contributed by atoms with Crippen LogP contribution in [0.15, 0.2) is 36.7 Å². The Hall–Kier alpha value is -2.93. The van der Waals surface area contributed by atoms with Gasteiger partial charge < -0.3 is 10.2 Å². The van der Waals surface area contributed by atoms with Crippen molar-refractivity contribution in [2.45, 2.75) is 33.2 Å². The number of aromatic nitrogens is 4. The molecule has 0 bridgehead atoms. The largest absolute Gasteiger partial charge is 0.369 e. The van der Waals surface area contributed by atoms with Crippen molar-refractivity contribution in [3.05, 3.63) is 69.9 Å². The van der Waals surface area contributed by atoms with E-state index in [4.69, 9.17) is 11.6 Å². The van der Waals surface area contributed by atoms with E-state index in [1.165, 1.54) is 0 Å². The van der Waals surface area contributed by atoms with E-state index < -0.39 is 0 Å². The molecule has 8 heteroatoms. The molecule has 1 amide bonds. The maximum atomic E-state index is 13.1. The van der Waals surface area contributed by atoms with Gasteiger partial charge in [-0.2, -0.15) is 5.10 Å². The first-order valence-electron chi connectivity index (χ1n) is 9.46. The van der Waals surface area contributed by atoms with Gasteiger partial charge in [0, 0.05) is 36.1 Å². The first kappa shape index (κ1) is 20.8. The Labute approximate surface area is 175 Å². The molecule has 0 unspecified atom stereocenters. The number of H-pyrrole nitrogens is 1. The fourth-order valence-electron chi connectivity index (χ4n) is 2.99. The third-order valence-electron chi connectivity index (χ3n) is 5.10. The van der Waals surface area contributed by atoms with Gasteiger partial charge in [0.2, 0.25) is 5.82 Å². The molecule has 0 aliphatic heterocycles. The van der Waals surface area contributed by atoms with E-state index in [9.17, 15) is 4.79 Å². The van der Waals surface area contributed by atoms with Crippen molar-refractivity contribution in [1.82, 2.24) is 25.1 Å². The van der Waals surface area contributed by atoms with Gasteiger partial charge in [0.1, 0.15) is 5.82 Å². The molecule has 2 heterocycles. The second-order valence-electron chi connectivity index (χ2n) is 7.00. The number of nitrogens with one attached hydrogen (secondary N) is 2. The summed E-state index contributed by atoms with van der Waals surface area (Å²) in [5.74, 6) is 0.585. The van der Waals surface area contributed by atoms with E-state index in [1.807, 2.05) is 51.2 Å². The smallest absolute Gasteiger partial charge is 0.291 e. The van der Waals surface area contributed by atoms with Crippen LogP contribution in [0.4, 0.5) is 5.82 Å². The van der Waals surface area contributed by atoms with E-state index >= 15 is 0 Å². The van der Waals surface area contributed by atoms with E-state index in [1.54, 1.807) is 18.1 Å². The van der Waals surface area contributed by atoms with Crippen molar-refractivity contribution in [3.63, 3.8) is 0 Å². The average molecular weight is 413 g/mol. The molecule has 0 spiro atoms. The third-order valence-corrected chi connectivity index (χ3v) is 5.44. The van der Waals surface area contributed by atoms with Crippen LogP contribution in [0.3, 0.4) is 0 Å². The number of hydrogen-bond acceptors (Lipinski definition) is 5. The maximum absolute atomic E-state index is 13.1. The molecule has 0 saturated heterocycles. The summed E-state index contributed by atoms with van der Waals surface area (Å²) < 4.78 is 0. The fourth-order valence-corrected chi connectivity index (χ4v) is 3.29. The molecule has 0 saturated carbocycles. The summed E-state index contributed by atoms with van der Waals surface area (Å²) in [6, 6.07) is 7.30. The molecule has 0 radical (unpaired) electrons. The molecule has 0 aliphatic rings. The van der Waals surface area contributed by atoms with Crippen LogP contribution < -0.4 is 5.32 Å². The number of benzene rings is 1. The highest BCUT2D eigenvalue weighted by molar-refractivity contribution is 6.31. The number of anilines is 1. The summed E-state index contributed by atoms with van der Waals surface area (Å²) in [5, 5.41) is 10.7. The van der Waals surface area contributed by atoms with Gasteiger partial charge in [-0.05, 0) is 44.4 Å². The van der Waals surface area contributed by atoms with Crippen molar-refractivity contribution in [1.29, 1.82) is 0 Å². The summed E-state index contributed by atoms with van der Waals surface area (Å²) in [6.07, 6.45) is 4.45. The number of rotatable bonds is 7. The Bertz CT molecular complexity index is 989. The molecule has 29 heavy (non-hydrogen) atoms. The van der Waals surface area contributed by atoms with Gasteiger partial charge in [0.25, 0.3) is 5.91 Å². The van der Waals surface area contributed by atoms with E-state index in [-0.39, 0.29) is 17.8 Å². The third kappa shape index (κ3) is 4.74. The Balaban J connectivity index is 1.77. The molecular formula is C21H25ClN6O. The Kier molecular flexibility index (Phi) is 6.49. The van der Waals surface area contributed by atoms with Crippen molar-refractivity contribution < 1.29 is 4.79 Å². The lowest BCUT2D eigenvalue weighted by atomic mass is 10.1. The highest BCUT2D eigenvalue weighted by atomic mass is 35.5. The van der Waals surface area contributed by atoms with Gasteiger partial charge in [-0.15, -0.1) is 0 Å². The molecule has 1 atom stereocenters. The predicted molar refractivity (Wildman–Crippen MR) is 114 cm³/mol. The zero-order valence-electron chi connectivity index (χ0n) is 17.0. The molecule has 3 rings (SSSR count). The number of hydrogen-bond donors (Lipinski definition) is 2. The number of carbonyl (C=O) groups excluding carboxylic acids is 1. The van der Waals surface area contributed by atoms with Gasteiger partial charge in [-0.1, -0.05) is 29.8 Å². The monoisotopic (exact) mass is 412 g/mol. The second-order valence-corrected chi connectivity index (χ2v) is 7.41. The summed E-state index contributed by atoms with van der Waals surface area (Å²) >= 11 is 6.30. The Morgan fingerprint density at radius 2 is 2.03 bits per heavy atom. The molecule has 0 aliphatic carbocycles. The second kappa shape index (κ2) is 9.05. The number of amides is 1. The molecule has 0 fully saturated rings. The van der Waals surface area contributed by atoms with Crippen LogP contribution in [0.25, 0.3) is 0 Å². The van der Waals surface area contributed by atoms with Gasteiger partial charge in [0.05, 0.1) is 12.2 Å². The number of aromatic amines is 1. The van der Waals surface area contributed by atoms with E-state index in [0.717, 1.165) is 28.8 Å². The lowest BCUT2D eigenvalue weighted by Crippen LogP contribution is -2.31. The highest BCUT2D eigenvalue weighted by Crippen LogP contribution is 2.27. The first-order valence-corrected chi connectivity index (χ1v) is 9.84. The zero-order chi connectivity index (χ0) is 21.0. The topological polar surface area (TPSA) is 86.8 Å². The van der Waals surface area contributed by atoms with Crippen molar-refractivity contribution in [3.8, 4) is 0 Å². The number of halogens is 1. The van der Waals surface area contributed by atoms with Gasteiger partial charge in [-0.3, -0.25) is 9.89 Å². The molecule has 1 aromatic carbocycles. The fraction of sp³-hybridized carbons (Fsp3) is 0.333. The quantitative estimate of drug-likeness (QED) is 0.613. The van der Waals surface area contributed by atoms with Crippen LogP contribution in [-0.4, -0.2) is 44.6 Å². The number of aryl methyl sites for hydroxylation is 1. The minimum atomic E-state index is -0.251. The van der Waals surface area contributed by atoms with Crippen molar-refractivity contribution in [2.75, 3.05) is 18.9 Å². The lowest BCUT2D eigenvalue weighted by Gasteiger charge is -2.25. The number of nitrogens with zero attached hydrogens (tertiary/aromatic N) is 4. The van der Waals surface area contributed by atoms with Gasteiger partial charge in [-0.25, -0.2) is 9.97 Å². The van der Waals surface area contributed by atoms with Crippen LogP contribution in [0, 0.1) is 13.8 Å². The first-order chi connectivity index (χ1) is 13.9. The molecule has 152 valence electrons. The minimum Gasteiger partial charge on any atom is -0.369 e. The Morgan fingerprint density at radius 3 is 2.72 bits per heavy atom. The average Bonchev–Trinajstić information content (AvgIpc) is 3.23. The zero-order valence-corrected chi connectivity index (χ0v) is 17.8. The normalized spacial score (nSPS) is 11.9. The highest BCUT2D eigenvalue weighted by Gasteiger charge is 2.24. The van der Waals surface area contributed by atoms with E-state index in [2.05, 4.69) is 25.5 Å². The van der Waals surface area contributed by atoms with Gasteiger partial charge in [0.15, 0.2) is 0 Å². The van der Waals surface area contributed by atoms with Crippen LogP contribution in [0.1, 0.15) is 46.0 Å². The summed E-state index contributed by atoms with van der Waals surface area (Å²) in [6.45, 7) is 6.44. The predicted octanol–water partition coefficient (Wildman–Crippen LogP) is 3.96. The lowest BCUT2D eigenvalue weighted by molar-refractivity contribution is 0.0730. The van der Waals surface area contributed by atoms with Crippen LogP contribution in [-0.2, 0) is 6.42 Å². The van der Waals surface area contributed by atoms with Crippen molar-refractivity contribution >= 4 is 23.3 Å². The van der Waals surface area contributed by atoms with E-state index in [0.29, 0.717) is 17.4 Å². The van der Waals surface area contributed by atoms with Crippen LogP contribution >= 0.6 is 11.6 Å². The molecule has 3 aromatic rings. The standard InChI is InChI=1S/C21H25ClN6O/c1-13-14(2)26-20(27-19(13)23-10-9-16-11-24-25-12-16)21(29)28(4)15(3)17-7-5-6-8-18(17)22/h5-8,11-12,15H,9-10H2,1-4H3,(H,24,25)(H,23,26,27)/t15-/m1/s1. The Morgan fingerprint density at radius 1 is 1.28 bits per heavy atom. The minimum absolute atomic E-state index is 0.167. The summed E-state index contributed by atoms with van der Waals surface area (Å²) in [4.78, 5) is 23.6. The number of carbonyl (C=O) groups is 1. The van der Waals surface area contributed by atoms with Crippen LogP contribution in [0.5, 0.6) is 0 Å². The maximum Gasteiger partial charge on any atom is 0.291 e. The van der Waals surface area contributed by atoms with Crippen molar-refractivity contribution in [2.24, 2.45) is 0 Å². The summed E-state index contributed by atoms with van der Waals surface area (Å²) in [7, 11) is 1.74. The molecule has 2 N–H and O–H groups in total. The molecule has 2 aromatic heterocycles. The van der Waals surface area contributed by atoms with Crippen LogP contribution in [0.2, 0.25) is 5.02 Å². The van der Waals surface area contributed by atoms with Gasteiger partial charge >= 0.3 is 0 Å². The molecular weight excluding hydrogens is 388 g/mol. The SMILES string of the molecule is Cc1nc(C(=O)N(C)[C@H](C)c2ccccc2Cl)nc(NCCc2cn[nH]c2)c1C. The molecule has 7 nitrogen and oxygen atoms in total. The summed E-state index contributed by atoms with van der Waals surface area (Å²) in [5.41, 5.74) is 3.68.